The van der Waals surface area contributed by atoms with Crippen molar-refractivity contribution in [2.75, 3.05) is 13.1 Å². The van der Waals surface area contributed by atoms with Gasteiger partial charge in [-0.3, -0.25) is 4.90 Å². The minimum absolute atomic E-state index is 0.723. The predicted octanol–water partition coefficient (Wildman–Crippen LogP) is 3.44. The Kier molecular flexibility index (Phi) is 4.60. The number of rotatable bonds is 4. The molecule has 0 bridgehead atoms. The third-order valence-corrected chi connectivity index (χ3v) is 5.33. The van der Waals surface area contributed by atoms with Gasteiger partial charge >= 0.3 is 0 Å². The summed E-state index contributed by atoms with van der Waals surface area (Å²) in [5.41, 5.74) is 3.21. The van der Waals surface area contributed by atoms with E-state index in [1.54, 1.807) is 0 Å². The molecule has 3 rings (SSSR count). The van der Waals surface area contributed by atoms with E-state index in [0.717, 1.165) is 36.3 Å². The molecule has 112 valence electrons. The van der Waals surface area contributed by atoms with Crippen LogP contribution in [0.2, 0.25) is 0 Å². The summed E-state index contributed by atoms with van der Waals surface area (Å²) < 4.78 is 4.77. The summed E-state index contributed by atoms with van der Waals surface area (Å²) in [6.07, 6.45) is 2.45. The van der Waals surface area contributed by atoms with E-state index in [1.165, 1.54) is 23.3 Å². The molecule has 1 aliphatic heterocycles. The third kappa shape index (κ3) is 3.86. The maximum Gasteiger partial charge on any atom is 0.122 e. The average Bonchev–Trinajstić information content (AvgIpc) is 2.89. The van der Waals surface area contributed by atoms with E-state index < -0.39 is 0 Å². The van der Waals surface area contributed by atoms with Crippen molar-refractivity contribution in [2.24, 2.45) is 0 Å². The highest BCUT2D eigenvalue weighted by atomic mass is 32.2. The van der Waals surface area contributed by atoms with Crippen LogP contribution in [0.5, 0.6) is 0 Å². The molecule has 0 spiro atoms. The minimum Gasteiger partial charge on any atom is -0.297 e. The summed E-state index contributed by atoms with van der Waals surface area (Å²) in [6, 6.07) is 8.85. The van der Waals surface area contributed by atoms with Crippen LogP contribution in [0.3, 0.4) is 0 Å². The lowest BCUT2D eigenvalue weighted by molar-refractivity contribution is 0.216. The first-order valence-electron chi connectivity index (χ1n) is 7.44. The smallest absolute Gasteiger partial charge is 0.122 e. The van der Waals surface area contributed by atoms with E-state index >= 15 is 0 Å². The standard InChI is InChI=1S/C16H21N3OS/c1-12-3-5-14(6-4-12)21-15-7-9-19(10-8-15)11-16-13(2)17-20-18-16/h3-6,15H,7-11H2,1-2H3. The van der Waals surface area contributed by atoms with E-state index in [9.17, 15) is 0 Å². The number of piperidine rings is 1. The largest absolute Gasteiger partial charge is 0.297 e. The Bertz CT molecular complexity index is 573. The number of benzene rings is 1. The fraction of sp³-hybridized carbons (Fsp3) is 0.500. The van der Waals surface area contributed by atoms with Gasteiger partial charge in [-0.25, -0.2) is 4.63 Å². The Balaban J connectivity index is 1.49. The molecule has 1 saturated heterocycles. The molecule has 1 aromatic heterocycles. The molecular formula is C16H21N3OS. The first-order valence-corrected chi connectivity index (χ1v) is 8.32. The predicted molar refractivity (Wildman–Crippen MR) is 84.4 cm³/mol. The van der Waals surface area contributed by atoms with Crippen molar-refractivity contribution in [1.82, 2.24) is 15.2 Å². The minimum atomic E-state index is 0.723. The van der Waals surface area contributed by atoms with E-state index in [-0.39, 0.29) is 0 Å². The molecule has 0 unspecified atom stereocenters. The van der Waals surface area contributed by atoms with Gasteiger partial charge in [0.05, 0.1) is 0 Å². The van der Waals surface area contributed by atoms with Crippen molar-refractivity contribution in [3.63, 3.8) is 0 Å². The molecular weight excluding hydrogens is 282 g/mol. The number of nitrogens with zero attached hydrogens (tertiary/aromatic N) is 3. The summed E-state index contributed by atoms with van der Waals surface area (Å²) in [4.78, 5) is 3.83. The van der Waals surface area contributed by atoms with Crippen molar-refractivity contribution in [1.29, 1.82) is 0 Å². The molecule has 0 radical (unpaired) electrons. The second-order valence-corrected chi connectivity index (χ2v) is 7.08. The zero-order valence-electron chi connectivity index (χ0n) is 12.6. The maximum atomic E-state index is 4.77. The van der Waals surface area contributed by atoms with E-state index in [4.69, 9.17) is 4.63 Å². The molecule has 21 heavy (non-hydrogen) atoms. The highest BCUT2D eigenvalue weighted by Crippen LogP contribution is 2.30. The molecule has 4 nitrogen and oxygen atoms in total. The van der Waals surface area contributed by atoms with Crippen molar-refractivity contribution >= 4 is 11.8 Å². The van der Waals surface area contributed by atoms with Gasteiger partial charge in [-0.15, -0.1) is 11.8 Å². The number of aryl methyl sites for hydroxylation is 2. The number of likely N-dealkylation sites (tertiary alicyclic amines) is 1. The zero-order chi connectivity index (χ0) is 14.7. The molecule has 2 heterocycles. The average molecular weight is 303 g/mol. The summed E-state index contributed by atoms with van der Waals surface area (Å²) in [7, 11) is 0. The highest BCUT2D eigenvalue weighted by molar-refractivity contribution is 8.00. The second-order valence-electron chi connectivity index (χ2n) is 5.70. The monoisotopic (exact) mass is 303 g/mol. The molecule has 1 aliphatic rings. The van der Waals surface area contributed by atoms with Crippen LogP contribution in [0.15, 0.2) is 33.8 Å². The van der Waals surface area contributed by atoms with Gasteiger partial charge in [0.25, 0.3) is 0 Å². The number of hydrogen-bond donors (Lipinski definition) is 0. The maximum absolute atomic E-state index is 4.77. The highest BCUT2D eigenvalue weighted by Gasteiger charge is 2.21. The van der Waals surface area contributed by atoms with Crippen molar-refractivity contribution in [2.45, 2.75) is 43.4 Å². The van der Waals surface area contributed by atoms with Gasteiger partial charge in [-0.2, -0.15) is 0 Å². The van der Waals surface area contributed by atoms with Crippen LogP contribution in [0.1, 0.15) is 29.8 Å². The molecule has 0 amide bonds. The van der Waals surface area contributed by atoms with Gasteiger partial charge in [0.15, 0.2) is 0 Å². The molecule has 0 atom stereocenters. The van der Waals surface area contributed by atoms with Crippen LogP contribution in [0, 0.1) is 13.8 Å². The van der Waals surface area contributed by atoms with Crippen LogP contribution in [-0.2, 0) is 6.54 Å². The van der Waals surface area contributed by atoms with Crippen LogP contribution < -0.4 is 0 Å². The summed E-state index contributed by atoms with van der Waals surface area (Å²) in [6.45, 7) is 7.18. The first kappa shape index (κ1) is 14.6. The molecule has 0 aliphatic carbocycles. The molecule has 1 aromatic carbocycles. The molecule has 0 saturated carbocycles. The molecule has 1 fully saturated rings. The zero-order valence-corrected chi connectivity index (χ0v) is 13.4. The van der Waals surface area contributed by atoms with Crippen LogP contribution in [-0.4, -0.2) is 33.6 Å². The lowest BCUT2D eigenvalue weighted by atomic mass is 10.1. The molecule has 5 heteroatoms. The van der Waals surface area contributed by atoms with Crippen LogP contribution in [0.25, 0.3) is 0 Å². The first-order chi connectivity index (χ1) is 10.2. The van der Waals surface area contributed by atoms with Crippen molar-refractivity contribution in [3.05, 3.63) is 41.2 Å². The lowest BCUT2D eigenvalue weighted by Gasteiger charge is -2.31. The number of thioether (sulfide) groups is 1. The normalized spacial score (nSPS) is 17.2. The summed E-state index contributed by atoms with van der Waals surface area (Å²) in [5.74, 6) is 0. The number of hydrogen-bond acceptors (Lipinski definition) is 5. The van der Waals surface area contributed by atoms with Gasteiger partial charge in [-0.1, -0.05) is 28.0 Å². The van der Waals surface area contributed by atoms with Crippen molar-refractivity contribution < 1.29 is 4.63 Å². The van der Waals surface area contributed by atoms with Gasteiger partial charge in [0.2, 0.25) is 0 Å². The SMILES string of the molecule is Cc1ccc(SC2CCN(Cc3nonc3C)CC2)cc1. The van der Waals surface area contributed by atoms with Crippen LogP contribution in [0.4, 0.5) is 0 Å². The Hall–Kier alpha value is -1.33. The van der Waals surface area contributed by atoms with Gasteiger partial charge in [0.1, 0.15) is 11.4 Å². The van der Waals surface area contributed by atoms with Crippen molar-refractivity contribution in [3.8, 4) is 0 Å². The Morgan fingerprint density at radius 3 is 2.48 bits per heavy atom. The van der Waals surface area contributed by atoms with Gasteiger partial charge in [-0.05, 0) is 51.9 Å². The fourth-order valence-corrected chi connectivity index (χ4v) is 3.72. The van der Waals surface area contributed by atoms with E-state index in [1.807, 2.05) is 18.7 Å². The Morgan fingerprint density at radius 2 is 1.86 bits per heavy atom. The quantitative estimate of drug-likeness (QED) is 0.865. The Morgan fingerprint density at radius 1 is 1.14 bits per heavy atom. The summed E-state index contributed by atoms with van der Waals surface area (Å²) in [5, 5.41) is 8.54. The third-order valence-electron chi connectivity index (χ3n) is 3.98. The molecule has 0 N–H and O–H groups in total. The molecule has 2 aromatic rings. The fourth-order valence-electron chi connectivity index (χ4n) is 2.60. The number of aromatic nitrogens is 2. The van der Waals surface area contributed by atoms with E-state index in [0.29, 0.717) is 0 Å². The van der Waals surface area contributed by atoms with E-state index in [2.05, 4.69) is 46.4 Å². The lowest BCUT2D eigenvalue weighted by Crippen LogP contribution is -2.34. The van der Waals surface area contributed by atoms with Gasteiger partial charge < -0.3 is 0 Å². The topological polar surface area (TPSA) is 42.2 Å². The Labute approximate surface area is 129 Å². The van der Waals surface area contributed by atoms with Gasteiger partial charge in [0, 0.05) is 16.7 Å². The second kappa shape index (κ2) is 6.62. The van der Waals surface area contributed by atoms with Crippen LogP contribution >= 0.6 is 11.8 Å². The summed E-state index contributed by atoms with van der Waals surface area (Å²) >= 11 is 2.01.